The molecule has 0 aromatic rings. The van der Waals surface area contributed by atoms with E-state index >= 15 is 0 Å². The topological polar surface area (TPSA) is 101 Å². The van der Waals surface area contributed by atoms with E-state index in [2.05, 4.69) is 10.6 Å². The molecule has 4 aliphatic carbocycles. The molecule has 3 amide bonds. The van der Waals surface area contributed by atoms with Gasteiger partial charge in [-0.2, -0.15) is 0 Å². The number of hydrogen-bond donors (Lipinski definition) is 3. The minimum atomic E-state index is -0.677. The van der Waals surface area contributed by atoms with E-state index in [0.29, 0.717) is 6.54 Å². The SMILES string of the molecule is CC(=O)N[C@@H](CCC(N)=O)C(=O)NCC12CC3CC(CC(C3)C1)C2. The number of carbonyl (C=O) groups excluding carboxylic acids is 3. The molecule has 134 valence electrons. The van der Waals surface area contributed by atoms with Crippen molar-refractivity contribution in [3.05, 3.63) is 0 Å². The van der Waals surface area contributed by atoms with Crippen LogP contribution in [0.3, 0.4) is 0 Å². The van der Waals surface area contributed by atoms with Crippen LogP contribution in [0.15, 0.2) is 0 Å². The summed E-state index contributed by atoms with van der Waals surface area (Å²) in [5.74, 6) is 1.60. The molecule has 4 N–H and O–H groups in total. The molecule has 0 aromatic heterocycles. The molecule has 0 aromatic carbocycles. The lowest BCUT2D eigenvalue weighted by Crippen LogP contribution is -2.54. The number of nitrogens with two attached hydrogens (primary N) is 1. The van der Waals surface area contributed by atoms with Crippen molar-refractivity contribution >= 4 is 17.7 Å². The van der Waals surface area contributed by atoms with Gasteiger partial charge in [0.2, 0.25) is 17.7 Å². The third-order valence-corrected chi connectivity index (χ3v) is 6.18. The summed E-state index contributed by atoms with van der Waals surface area (Å²) in [7, 11) is 0. The molecule has 0 aliphatic heterocycles. The summed E-state index contributed by atoms with van der Waals surface area (Å²) in [6.07, 6.45) is 8.15. The van der Waals surface area contributed by atoms with Crippen LogP contribution in [0.2, 0.25) is 0 Å². The quantitative estimate of drug-likeness (QED) is 0.649. The van der Waals surface area contributed by atoms with Gasteiger partial charge >= 0.3 is 0 Å². The lowest BCUT2D eigenvalue weighted by atomic mass is 9.49. The molecule has 4 bridgehead atoms. The molecule has 0 heterocycles. The Kier molecular flexibility index (Phi) is 4.83. The molecule has 4 aliphatic rings. The van der Waals surface area contributed by atoms with Gasteiger partial charge in [0.25, 0.3) is 0 Å². The van der Waals surface area contributed by atoms with Crippen LogP contribution in [-0.2, 0) is 14.4 Å². The molecule has 24 heavy (non-hydrogen) atoms. The van der Waals surface area contributed by atoms with Crippen LogP contribution in [-0.4, -0.2) is 30.3 Å². The Hall–Kier alpha value is -1.59. The Morgan fingerprint density at radius 3 is 2.08 bits per heavy atom. The summed E-state index contributed by atoms with van der Waals surface area (Å²) < 4.78 is 0. The van der Waals surface area contributed by atoms with Crippen molar-refractivity contribution in [3.8, 4) is 0 Å². The van der Waals surface area contributed by atoms with Gasteiger partial charge in [-0.15, -0.1) is 0 Å². The maximum atomic E-state index is 12.5. The summed E-state index contributed by atoms with van der Waals surface area (Å²) in [6, 6.07) is -0.677. The summed E-state index contributed by atoms with van der Waals surface area (Å²) in [4.78, 5) is 34.8. The molecular weight excluding hydrogens is 306 g/mol. The van der Waals surface area contributed by atoms with Gasteiger partial charge in [0.1, 0.15) is 6.04 Å². The number of primary amides is 1. The molecule has 4 saturated carbocycles. The fourth-order valence-corrected chi connectivity index (χ4v) is 5.71. The van der Waals surface area contributed by atoms with Gasteiger partial charge < -0.3 is 16.4 Å². The van der Waals surface area contributed by atoms with Gasteiger partial charge in [-0.25, -0.2) is 0 Å². The van der Waals surface area contributed by atoms with Gasteiger partial charge in [-0.3, -0.25) is 14.4 Å². The highest BCUT2D eigenvalue weighted by Crippen LogP contribution is 2.59. The maximum Gasteiger partial charge on any atom is 0.242 e. The zero-order valence-electron chi connectivity index (χ0n) is 14.5. The van der Waals surface area contributed by atoms with Crippen molar-refractivity contribution in [2.45, 2.75) is 64.3 Å². The predicted molar refractivity (Wildman–Crippen MR) is 89.6 cm³/mol. The van der Waals surface area contributed by atoms with Crippen LogP contribution in [0.1, 0.15) is 58.3 Å². The largest absolute Gasteiger partial charge is 0.370 e. The zero-order valence-corrected chi connectivity index (χ0v) is 14.5. The highest BCUT2D eigenvalue weighted by atomic mass is 16.2. The lowest BCUT2D eigenvalue weighted by Gasteiger charge is -2.57. The molecule has 0 radical (unpaired) electrons. The zero-order chi connectivity index (χ0) is 17.3. The van der Waals surface area contributed by atoms with Crippen molar-refractivity contribution < 1.29 is 14.4 Å². The Labute approximate surface area is 143 Å². The van der Waals surface area contributed by atoms with Crippen molar-refractivity contribution in [3.63, 3.8) is 0 Å². The molecule has 1 atom stereocenters. The van der Waals surface area contributed by atoms with Crippen LogP contribution in [0.25, 0.3) is 0 Å². The van der Waals surface area contributed by atoms with E-state index < -0.39 is 11.9 Å². The second kappa shape index (κ2) is 6.73. The number of amides is 3. The van der Waals surface area contributed by atoms with Gasteiger partial charge in [-0.05, 0) is 68.1 Å². The molecule has 4 fully saturated rings. The first-order valence-electron chi connectivity index (χ1n) is 9.18. The van der Waals surface area contributed by atoms with Crippen LogP contribution < -0.4 is 16.4 Å². The molecule has 0 spiro atoms. The first-order valence-corrected chi connectivity index (χ1v) is 9.18. The molecule has 6 nitrogen and oxygen atoms in total. The van der Waals surface area contributed by atoms with Gasteiger partial charge in [0.05, 0.1) is 0 Å². The van der Waals surface area contributed by atoms with E-state index in [-0.39, 0.29) is 30.1 Å². The molecule has 6 heteroatoms. The summed E-state index contributed by atoms with van der Waals surface area (Å²) in [5.41, 5.74) is 5.42. The smallest absolute Gasteiger partial charge is 0.242 e. The average molecular weight is 335 g/mol. The second-order valence-corrected chi connectivity index (χ2v) is 8.39. The third-order valence-electron chi connectivity index (χ3n) is 6.18. The summed E-state index contributed by atoms with van der Waals surface area (Å²) >= 11 is 0. The van der Waals surface area contributed by atoms with Crippen LogP contribution in [0, 0.1) is 23.2 Å². The number of nitrogens with one attached hydrogen (secondary N) is 2. The van der Waals surface area contributed by atoms with Gasteiger partial charge in [-0.1, -0.05) is 0 Å². The Morgan fingerprint density at radius 1 is 1.08 bits per heavy atom. The number of carbonyl (C=O) groups is 3. The standard InChI is InChI=1S/C18H29N3O3/c1-11(22)21-15(2-3-16(19)23)17(24)20-10-18-7-12-4-13(8-18)6-14(5-12)9-18/h12-15H,2-10H2,1H3,(H2,19,23)(H,20,24)(H,21,22)/t12?,13?,14?,15-,18?/m0/s1. The minimum absolute atomic E-state index is 0.0930. The van der Waals surface area contributed by atoms with Crippen LogP contribution in [0.5, 0.6) is 0 Å². The molecule has 0 unspecified atom stereocenters. The minimum Gasteiger partial charge on any atom is -0.370 e. The number of hydrogen-bond acceptors (Lipinski definition) is 3. The first-order chi connectivity index (χ1) is 11.3. The van der Waals surface area contributed by atoms with E-state index in [4.69, 9.17) is 5.73 Å². The van der Waals surface area contributed by atoms with E-state index in [1.807, 2.05) is 0 Å². The monoisotopic (exact) mass is 335 g/mol. The van der Waals surface area contributed by atoms with Crippen molar-refractivity contribution in [2.24, 2.45) is 28.9 Å². The van der Waals surface area contributed by atoms with Gasteiger partial charge in [0.15, 0.2) is 0 Å². The van der Waals surface area contributed by atoms with E-state index in [1.165, 1.54) is 45.4 Å². The first kappa shape index (κ1) is 17.2. The van der Waals surface area contributed by atoms with E-state index in [1.54, 1.807) is 0 Å². The highest BCUT2D eigenvalue weighted by molar-refractivity contribution is 5.87. The lowest BCUT2D eigenvalue weighted by molar-refractivity contribution is -0.130. The maximum absolute atomic E-state index is 12.5. The van der Waals surface area contributed by atoms with E-state index in [9.17, 15) is 14.4 Å². The van der Waals surface area contributed by atoms with Crippen LogP contribution >= 0.6 is 0 Å². The third kappa shape index (κ3) is 3.90. The predicted octanol–water partition coefficient (Wildman–Crippen LogP) is 1.09. The summed E-state index contributed by atoms with van der Waals surface area (Å²) in [5, 5.41) is 5.70. The Balaban J connectivity index is 1.56. The summed E-state index contributed by atoms with van der Waals surface area (Å²) in [6.45, 7) is 2.08. The van der Waals surface area contributed by atoms with Crippen molar-refractivity contribution in [2.75, 3.05) is 6.54 Å². The van der Waals surface area contributed by atoms with E-state index in [0.717, 1.165) is 17.8 Å². The molecule has 4 rings (SSSR count). The number of rotatable bonds is 7. The Morgan fingerprint density at radius 2 is 1.62 bits per heavy atom. The molecule has 0 saturated heterocycles. The average Bonchev–Trinajstić information content (AvgIpc) is 2.47. The van der Waals surface area contributed by atoms with Gasteiger partial charge in [0, 0.05) is 19.9 Å². The highest BCUT2D eigenvalue weighted by Gasteiger charge is 2.50. The fraction of sp³-hybridized carbons (Fsp3) is 0.833. The second-order valence-electron chi connectivity index (χ2n) is 8.39. The normalized spacial score (nSPS) is 34.6. The van der Waals surface area contributed by atoms with Crippen molar-refractivity contribution in [1.29, 1.82) is 0 Å². The van der Waals surface area contributed by atoms with Crippen LogP contribution in [0.4, 0.5) is 0 Å². The van der Waals surface area contributed by atoms with Crippen molar-refractivity contribution in [1.82, 2.24) is 10.6 Å². The fourth-order valence-electron chi connectivity index (χ4n) is 5.71. The molecular formula is C18H29N3O3. The Bertz CT molecular complexity index is 496.